The second-order valence-corrected chi connectivity index (χ2v) is 8.95. The number of methoxy groups -OCH3 is 1. The molecule has 3 aromatic carbocycles. The van der Waals surface area contributed by atoms with Crippen molar-refractivity contribution in [2.24, 2.45) is 0 Å². The molecule has 0 spiro atoms. The molecular weight excluding hydrogens is 436 g/mol. The van der Waals surface area contributed by atoms with Crippen LogP contribution < -0.4 is 4.90 Å². The summed E-state index contributed by atoms with van der Waals surface area (Å²) in [6.45, 7) is 4.50. The number of ether oxygens (including phenoxy) is 1. The van der Waals surface area contributed by atoms with E-state index < -0.39 is 11.6 Å². The molecular formula is C30H29N2O3+. The van der Waals surface area contributed by atoms with Crippen LogP contribution in [0.25, 0.3) is 0 Å². The lowest BCUT2D eigenvalue weighted by Crippen LogP contribution is -2.50. The molecule has 176 valence electrons. The van der Waals surface area contributed by atoms with Gasteiger partial charge in [-0.2, -0.15) is 0 Å². The molecule has 0 saturated carbocycles. The largest absolute Gasteiger partial charge is 0.465 e. The van der Waals surface area contributed by atoms with Crippen molar-refractivity contribution in [3.05, 3.63) is 125 Å². The molecule has 2 heterocycles. The molecule has 1 aromatic heterocycles. The molecule has 1 aliphatic rings. The molecule has 2 atom stereocenters. The first-order valence-corrected chi connectivity index (χ1v) is 11.7. The van der Waals surface area contributed by atoms with Crippen LogP contribution in [0.15, 0.2) is 101 Å². The van der Waals surface area contributed by atoms with Gasteiger partial charge < -0.3 is 9.15 Å². The summed E-state index contributed by atoms with van der Waals surface area (Å²) in [7, 11) is 1.45. The van der Waals surface area contributed by atoms with Gasteiger partial charge in [-0.1, -0.05) is 78.4 Å². The Morgan fingerprint density at radius 3 is 2.17 bits per heavy atom. The number of hydrogen-bond donors (Lipinski definition) is 0. The molecule has 5 heteroatoms. The van der Waals surface area contributed by atoms with Gasteiger partial charge in [-0.3, -0.25) is 0 Å². The van der Waals surface area contributed by atoms with Gasteiger partial charge in [0.05, 0.1) is 7.11 Å². The Hall–Kier alpha value is -4.12. The zero-order chi connectivity index (χ0) is 24.4. The Labute approximate surface area is 205 Å². The second-order valence-electron chi connectivity index (χ2n) is 8.95. The van der Waals surface area contributed by atoms with Crippen LogP contribution in [0, 0.1) is 13.8 Å². The van der Waals surface area contributed by atoms with Crippen molar-refractivity contribution in [3.8, 4) is 0 Å². The number of anilines is 1. The van der Waals surface area contributed by atoms with Gasteiger partial charge >= 0.3 is 5.97 Å². The molecule has 0 saturated heterocycles. The fourth-order valence-corrected chi connectivity index (χ4v) is 5.01. The number of furan rings is 1. The van der Waals surface area contributed by atoms with Gasteiger partial charge in [0.2, 0.25) is 12.4 Å². The number of aryl methyl sites for hydroxylation is 2. The lowest BCUT2D eigenvalue weighted by molar-refractivity contribution is -0.610. The normalized spacial score (nSPS) is 19.5. The SMILES string of the molecule is COC(=O)C1(c2ccccc2)C(c2ccc(C)o2)N(c2ccc(C)cc2)C=[N+]1Cc1ccccc1. The van der Waals surface area contributed by atoms with E-state index in [2.05, 4.69) is 52.8 Å². The molecule has 0 amide bonds. The van der Waals surface area contributed by atoms with E-state index in [-0.39, 0.29) is 5.97 Å². The average Bonchev–Trinajstić information content (AvgIpc) is 3.46. The van der Waals surface area contributed by atoms with Gasteiger partial charge in [-0.15, -0.1) is 0 Å². The van der Waals surface area contributed by atoms with E-state index in [1.165, 1.54) is 12.7 Å². The van der Waals surface area contributed by atoms with Crippen molar-refractivity contribution in [1.29, 1.82) is 0 Å². The summed E-state index contributed by atoms with van der Waals surface area (Å²) in [4.78, 5) is 16.1. The maximum Gasteiger partial charge on any atom is 0.364 e. The number of rotatable bonds is 6. The monoisotopic (exact) mass is 465 g/mol. The third-order valence-corrected chi connectivity index (χ3v) is 6.66. The van der Waals surface area contributed by atoms with Crippen LogP contribution >= 0.6 is 0 Å². The van der Waals surface area contributed by atoms with E-state index in [0.29, 0.717) is 12.3 Å². The van der Waals surface area contributed by atoms with Crippen molar-refractivity contribution < 1.29 is 18.5 Å². The highest BCUT2D eigenvalue weighted by atomic mass is 16.5. The minimum atomic E-state index is -1.18. The van der Waals surface area contributed by atoms with Gasteiger partial charge in [-0.25, -0.2) is 14.3 Å². The molecule has 0 aliphatic carbocycles. The highest BCUT2D eigenvalue weighted by molar-refractivity contribution is 5.90. The van der Waals surface area contributed by atoms with Crippen LogP contribution in [0.1, 0.15) is 34.3 Å². The number of carbonyl (C=O) groups excluding carboxylic acids is 1. The summed E-state index contributed by atoms with van der Waals surface area (Å²) in [5, 5.41) is 0. The Balaban J connectivity index is 1.80. The van der Waals surface area contributed by atoms with E-state index in [9.17, 15) is 4.79 Å². The van der Waals surface area contributed by atoms with Crippen LogP contribution in [0.4, 0.5) is 5.69 Å². The van der Waals surface area contributed by atoms with Gasteiger partial charge in [0.15, 0.2) is 5.76 Å². The molecule has 35 heavy (non-hydrogen) atoms. The summed E-state index contributed by atoms with van der Waals surface area (Å²) < 4.78 is 13.9. The van der Waals surface area contributed by atoms with Crippen LogP contribution in [0.5, 0.6) is 0 Å². The predicted octanol–water partition coefficient (Wildman–Crippen LogP) is 5.77. The number of hydrogen-bond acceptors (Lipinski definition) is 4. The van der Waals surface area contributed by atoms with E-state index in [1.54, 1.807) is 0 Å². The number of nitrogens with zero attached hydrogens (tertiary/aromatic N) is 2. The lowest BCUT2D eigenvalue weighted by Gasteiger charge is -2.32. The lowest BCUT2D eigenvalue weighted by atomic mass is 9.80. The third kappa shape index (κ3) is 3.93. The van der Waals surface area contributed by atoms with Crippen LogP contribution in [0.2, 0.25) is 0 Å². The predicted molar refractivity (Wildman–Crippen MR) is 136 cm³/mol. The fraction of sp³-hybridized carbons (Fsp3) is 0.200. The first-order chi connectivity index (χ1) is 17.0. The van der Waals surface area contributed by atoms with E-state index in [1.807, 2.05) is 73.9 Å². The number of benzene rings is 3. The maximum absolute atomic E-state index is 14.0. The standard InChI is InChI=1S/C30H29N2O3/c1-22-14-17-26(18-15-22)32-21-31(20-24-10-6-4-7-11-24)30(29(33)34-3,25-12-8-5-9-13-25)28(32)27-19-16-23(2)35-27/h4-19,21,28H,20H2,1-3H3/q+1. The molecule has 0 fully saturated rings. The zero-order valence-corrected chi connectivity index (χ0v) is 20.2. The third-order valence-electron chi connectivity index (χ3n) is 6.66. The van der Waals surface area contributed by atoms with Gasteiger partial charge in [0.25, 0.3) is 5.54 Å². The molecule has 0 N–H and O–H groups in total. The maximum atomic E-state index is 14.0. The van der Waals surface area contributed by atoms with Crippen LogP contribution in [-0.4, -0.2) is 24.0 Å². The summed E-state index contributed by atoms with van der Waals surface area (Å²) in [5.74, 6) is 1.14. The smallest absolute Gasteiger partial charge is 0.364 e. The summed E-state index contributed by atoms with van der Waals surface area (Å²) in [6, 6.07) is 31.7. The quantitative estimate of drug-likeness (QED) is 0.268. The van der Waals surface area contributed by atoms with Gasteiger partial charge in [-0.05, 0) is 43.7 Å². The number of esters is 1. The summed E-state index contributed by atoms with van der Waals surface area (Å²) in [6.07, 6.45) is 2.03. The van der Waals surface area contributed by atoms with Gasteiger partial charge in [0, 0.05) is 5.56 Å². The van der Waals surface area contributed by atoms with Crippen molar-refractivity contribution >= 4 is 18.0 Å². The van der Waals surface area contributed by atoms with E-state index in [4.69, 9.17) is 9.15 Å². The molecule has 0 radical (unpaired) electrons. The van der Waals surface area contributed by atoms with Crippen LogP contribution in [-0.2, 0) is 21.6 Å². The van der Waals surface area contributed by atoms with Crippen molar-refractivity contribution in [2.75, 3.05) is 12.0 Å². The van der Waals surface area contributed by atoms with E-state index >= 15 is 0 Å². The topological polar surface area (TPSA) is 45.7 Å². The summed E-state index contributed by atoms with van der Waals surface area (Å²) >= 11 is 0. The van der Waals surface area contributed by atoms with Crippen molar-refractivity contribution in [2.45, 2.75) is 32.0 Å². The van der Waals surface area contributed by atoms with Gasteiger partial charge in [0.1, 0.15) is 18.0 Å². The highest BCUT2D eigenvalue weighted by Crippen LogP contribution is 2.48. The Morgan fingerprint density at radius 2 is 1.57 bits per heavy atom. The van der Waals surface area contributed by atoms with Crippen LogP contribution in [0.3, 0.4) is 0 Å². The molecule has 0 bridgehead atoms. The second kappa shape index (κ2) is 9.26. The minimum absolute atomic E-state index is 0.343. The zero-order valence-electron chi connectivity index (χ0n) is 20.2. The molecule has 1 aliphatic heterocycles. The molecule has 4 aromatic rings. The first kappa shape index (κ1) is 22.7. The number of carbonyl (C=O) groups is 1. The Morgan fingerprint density at radius 1 is 0.914 bits per heavy atom. The molecule has 5 rings (SSSR count). The Bertz CT molecular complexity index is 1340. The molecule has 2 unspecified atom stereocenters. The summed E-state index contributed by atoms with van der Waals surface area (Å²) in [5.41, 5.74) is 2.89. The fourth-order valence-electron chi connectivity index (χ4n) is 5.01. The van der Waals surface area contributed by atoms with E-state index in [0.717, 1.165) is 22.6 Å². The van der Waals surface area contributed by atoms with Crippen molar-refractivity contribution in [3.63, 3.8) is 0 Å². The first-order valence-electron chi connectivity index (χ1n) is 11.7. The van der Waals surface area contributed by atoms with Crippen molar-refractivity contribution in [1.82, 2.24) is 0 Å². The highest BCUT2D eigenvalue weighted by Gasteiger charge is 2.65. The molecule has 5 nitrogen and oxygen atoms in total. The minimum Gasteiger partial charge on any atom is -0.465 e. The Kier molecular flexibility index (Phi) is 6.00. The average molecular weight is 466 g/mol.